The Hall–Kier alpha value is -1.44. The zero-order valence-electron chi connectivity index (χ0n) is 14.4. The van der Waals surface area contributed by atoms with Gasteiger partial charge in [0.05, 0.1) is 17.6 Å². The Morgan fingerprint density at radius 3 is 2.33 bits per heavy atom. The van der Waals surface area contributed by atoms with E-state index >= 15 is 0 Å². The van der Waals surface area contributed by atoms with Crippen molar-refractivity contribution in [2.75, 3.05) is 5.75 Å². The van der Waals surface area contributed by atoms with E-state index in [1.54, 1.807) is 18.2 Å². The van der Waals surface area contributed by atoms with Crippen LogP contribution in [0.4, 0.5) is 0 Å². The van der Waals surface area contributed by atoms with Gasteiger partial charge in [0.2, 0.25) is 0 Å². The summed E-state index contributed by atoms with van der Waals surface area (Å²) in [6.45, 7) is 7.87. The number of phenolic OH excluding ortho intramolecular Hbond substituents is 1. The van der Waals surface area contributed by atoms with Crippen LogP contribution in [0, 0.1) is 0 Å². The molecule has 0 unspecified atom stereocenters. The Morgan fingerprint density at radius 1 is 1.25 bits per heavy atom. The summed E-state index contributed by atoms with van der Waals surface area (Å²) in [4.78, 5) is 10.9. The highest BCUT2D eigenvalue weighted by molar-refractivity contribution is 7.80. The number of rotatable bonds is 5. The van der Waals surface area contributed by atoms with Crippen molar-refractivity contribution in [2.24, 2.45) is 0 Å². The summed E-state index contributed by atoms with van der Waals surface area (Å²) in [5, 5.41) is 19.0. The molecule has 24 heavy (non-hydrogen) atoms. The Bertz CT molecular complexity index is 653. The summed E-state index contributed by atoms with van der Waals surface area (Å²) in [7, 11) is -0.560. The zero-order valence-corrected chi connectivity index (χ0v) is 15.3. The highest BCUT2D eigenvalue weighted by Crippen LogP contribution is 2.39. The smallest absolute Gasteiger partial charge is 0.491 e. The molecule has 7 heteroatoms. The Morgan fingerprint density at radius 2 is 1.83 bits per heavy atom. The maximum atomic E-state index is 10.9. The molecule has 0 aromatic heterocycles. The van der Waals surface area contributed by atoms with E-state index in [0.29, 0.717) is 16.9 Å². The molecular formula is C17H23BO5S. The zero-order chi connectivity index (χ0) is 18.1. The minimum atomic E-state index is -0.920. The second kappa shape index (κ2) is 6.82. The van der Waals surface area contributed by atoms with Gasteiger partial charge in [-0.2, -0.15) is 12.6 Å². The second-order valence-electron chi connectivity index (χ2n) is 6.93. The van der Waals surface area contributed by atoms with Gasteiger partial charge < -0.3 is 19.5 Å². The summed E-state index contributed by atoms with van der Waals surface area (Å²) in [6.07, 6.45) is 1.64. The molecule has 2 N–H and O–H groups in total. The lowest BCUT2D eigenvalue weighted by Crippen LogP contribution is -2.41. The van der Waals surface area contributed by atoms with Crippen LogP contribution in [0.2, 0.25) is 0 Å². The molecule has 1 heterocycles. The number of hydrogen-bond donors (Lipinski definition) is 3. The van der Waals surface area contributed by atoms with E-state index in [0.717, 1.165) is 5.47 Å². The van der Waals surface area contributed by atoms with Crippen LogP contribution in [0.5, 0.6) is 5.75 Å². The van der Waals surface area contributed by atoms with Gasteiger partial charge in [-0.1, -0.05) is 12.1 Å². The minimum Gasteiger partial charge on any atom is -0.507 e. The van der Waals surface area contributed by atoms with Crippen molar-refractivity contribution in [3.05, 3.63) is 34.8 Å². The van der Waals surface area contributed by atoms with E-state index < -0.39 is 24.3 Å². The van der Waals surface area contributed by atoms with Crippen molar-refractivity contribution < 1.29 is 24.3 Å². The van der Waals surface area contributed by atoms with Gasteiger partial charge in [0, 0.05) is 11.3 Å². The van der Waals surface area contributed by atoms with Crippen LogP contribution in [-0.2, 0) is 20.5 Å². The number of thiol groups is 1. The maximum Gasteiger partial charge on any atom is 0.491 e. The van der Waals surface area contributed by atoms with Gasteiger partial charge in [0.1, 0.15) is 5.75 Å². The Kier molecular flexibility index (Phi) is 5.37. The molecule has 0 atom stereocenters. The van der Waals surface area contributed by atoms with Crippen LogP contribution >= 0.6 is 12.6 Å². The molecule has 0 spiro atoms. The number of carboxylic acid groups (broad SMARTS) is 1. The van der Waals surface area contributed by atoms with Crippen LogP contribution in [-0.4, -0.2) is 40.3 Å². The molecular weight excluding hydrogens is 327 g/mol. The lowest BCUT2D eigenvalue weighted by Gasteiger charge is -2.32. The molecule has 1 aromatic rings. The van der Waals surface area contributed by atoms with Gasteiger partial charge >= 0.3 is 13.1 Å². The Balaban J connectivity index is 2.33. The SMILES string of the molecule is CC1(C)OB(C(=Cc2cc(CC(=O)O)ccc2O)CS)OC1(C)C. The quantitative estimate of drug-likeness (QED) is 0.562. The van der Waals surface area contributed by atoms with Crippen molar-refractivity contribution in [1.82, 2.24) is 0 Å². The molecule has 0 saturated carbocycles. The summed E-state index contributed by atoms with van der Waals surface area (Å²) in [5.74, 6) is -0.463. The fourth-order valence-corrected chi connectivity index (χ4v) is 2.63. The molecule has 1 saturated heterocycles. The van der Waals surface area contributed by atoms with E-state index in [9.17, 15) is 9.90 Å². The molecule has 0 bridgehead atoms. The predicted octanol–water partition coefficient (Wildman–Crippen LogP) is 2.96. The van der Waals surface area contributed by atoms with E-state index in [-0.39, 0.29) is 12.2 Å². The van der Waals surface area contributed by atoms with Gasteiger partial charge in [-0.25, -0.2) is 0 Å². The summed E-state index contributed by atoms with van der Waals surface area (Å²) in [6, 6.07) is 4.73. The molecule has 130 valence electrons. The molecule has 1 fully saturated rings. The van der Waals surface area contributed by atoms with Crippen molar-refractivity contribution in [1.29, 1.82) is 0 Å². The van der Waals surface area contributed by atoms with Gasteiger partial charge in [-0.15, -0.1) is 0 Å². The third kappa shape index (κ3) is 3.96. The van der Waals surface area contributed by atoms with E-state index in [2.05, 4.69) is 12.6 Å². The van der Waals surface area contributed by atoms with Gasteiger partial charge in [-0.3, -0.25) is 4.79 Å². The molecule has 1 aliphatic rings. The fraction of sp³-hybridized carbons (Fsp3) is 0.471. The topological polar surface area (TPSA) is 76.0 Å². The highest BCUT2D eigenvalue weighted by atomic mass is 32.1. The van der Waals surface area contributed by atoms with Crippen LogP contribution < -0.4 is 0 Å². The second-order valence-corrected chi connectivity index (χ2v) is 7.25. The number of benzene rings is 1. The monoisotopic (exact) mass is 350 g/mol. The lowest BCUT2D eigenvalue weighted by molar-refractivity contribution is -0.136. The standard InChI is InChI=1S/C17H23BO5S/c1-16(2)17(3,4)23-18(22-16)13(10-24)9-12-7-11(8-15(20)21)5-6-14(12)19/h5-7,9,19,24H,8,10H2,1-4H3,(H,20,21). The largest absolute Gasteiger partial charge is 0.507 e. The number of carboxylic acids is 1. The van der Waals surface area contributed by atoms with Crippen molar-refractivity contribution in [3.63, 3.8) is 0 Å². The average Bonchev–Trinajstić information content (AvgIpc) is 2.67. The predicted molar refractivity (Wildman–Crippen MR) is 97.4 cm³/mol. The number of aliphatic carboxylic acids is 1. The van der Waals surface area contributed by atoms with Crippen LogP contribution in [0.25, 0.3) is 6.08 Å². The lowest BCUT2D eigenvalue weighted by atomic mass is 9.78. The first-order valence-corrected chi connectivity index (χ1v) is 8.39. The van der Waals surface area contributed by atoms with Crippen molar-refractivity contribution >= 4 is 31.8 Å². The number of phenols is 1. The molecule has 1 aliphatic heterocycles. The van der Waals surface area contributed by atoms with E-state index in [1.165, 1.54) is 6.07 Å². The first kappa shape index (κ1) is 18.9. The van der Waals surface area contributed by atoms with Gasteiger partial charge in [0.15, 0.2) is 0 Å². The van der Waals surface area contributed by atoms with Gasteiger partial charge in [-0.05, 0) is 50.9 Å². The molecule has 0 amide bonds. The first-order valence-electron chi connectivity index (χ1n) is 7.76. The summed E-state index contributed by atoms with van der Waals surface area (Å²) in [5.41, 5.74) is 0.964. The molecule has 5 nitrogen and oxygen atoms in total. The van der Waals surface area contributed by atoms with E-state index in [1.807, 2.05) is 27.7 Å². The minimum absolute atomic E-state index is 0.0694. The summed E-state index contributed by atoms with van der Waals surface area (Å²) >= 11 is 4.35. The number of carbonyl (C=O) groups is 1. The summed E-state index contributed by atoms with van der Waals surface area (Å²) < 4.78 is 12.0. The first-order chi connectivity index (χ1) is 11.1. The van der Waals surface area contributed by atoms with Crippen LogP contribution in [0.1, 0.15) is 38.8 Å². The Labute approximate surface area is 148 Å². The number of hydrogen-bond acceptors (Lipinski definition) is 5. The van der Waals surface area contributed by atoms with Crippen LogP contribution in [0.15, 0.2) is 23.7 Å². The normalized spacial score (nSPS) is 19.5. The average molecular weight is 350 g/mol. The fourth-order valence-electron chi connectivity index (χ4n) is 2.39. The number of aromatic hydroxyl groups is 1. The molecule has 2 rings (SSSR count). The third-order valence-electron chi connectivity index (χ3n) is 4.53. The van der Waals surface area contributed by atoms with Crippen LogP contribution in [0.3, 0.4) is 0 Å². The molecule has 0 aliphatic carbocycles. The van der Waals surface area contributed by atoms with E-state index in [4.69, 9.17) is 14.4 Å². The maximum absolute atomic E-state index is 10.9. The molecule has 0 radical (unpaired) electrons. The third-order valence-corrected chi connectivity index (χ3v) is 4.89. The molecule has 1 aromatic carbocycles. The van der Waals surface area contributed by atoms with Gasteiger partial charge in [0.25, 0.3) is 0 Å². The van der Waals surface area contributed by atoms with Crippen molar-refractivity contribution in [2.45, 2.75) is 45.3 Å². The highest BCUT2D eigenvalue weighted by Gasteiger charge is 2.52. The van der Waals surface area contributed by atoms with Crippen molar-refractivity contribution in [3.8, 4) is 5.75 Å².